The minimum Gasteiger partial charge on any atom is -0.478 e. The highest BCUT2D eigenvalue weighted by Gasteiger charge is 2.15. The number of carboxylic acids is 1. The quantitative estimate of drug-likeness (QED) is 0.725. The molecule has 0 aliphatic carbocycles. The van der Waals surface area contributed by atoms with Gasteiger partial charge in [0.1, 0.15) is 0 Å². The number of aromatic carboxylic acids is 1. The van der Waals surface area contributed by atoms with Gasteiger partial charge in [0, 0.05) is 25.5 Å². The summed E-state index contributed by atoms with van der Waals surface area (Å²) in [7, 11) is 3.76. The summed E-state index contributed by atoms with van der Waals surface area (Å²) in [5.74, 6) is -0.987. The van der Waals surface area contributed by atoms with E-state index in [-0.39, 0.29) is 5.56 Å². The highest BCUT2D eigenvalue weighted by molar-refractivity contribution is 5.96. The van der Waals surface area contributed by atoms with E-state index in [2.05, 4.69) is 0 Å². The lowest BCUT2D eigenvalue weighted by Gasteiger charge is -2.19. The van der Waals surface area contributed by atoms with Crippen molar-refractivity contribution in [2.45, 2.75) is 13.8 Å². The van der Waals surface area contributed by atoms with Crippen molar-refractivity contribution in [3.8, 4) is 0 Å². The first-order chi connectivity index (χ1) is 6.86. The molecule has 0 aliphatic heterocycles. The maximum atomic E-state index is 11.0. The van der Waals surface area contributed by atoms with Gasteiger partial charge in [0.25, 0.3) is 0 Å². The van der Waals surface area contributed by atoms with Gasteiger partial charge in [0.05, 0.1) is 5.56 Å². The van der Waals surface area contributed by atoms with Crippen molar-refractivity contribution in [3.63, 3.8) is 0 Å². The number of anilines is 2. The zero-order valence-electron chi connectivity index (χ0n) is 9.46. The summed E-state index contributed by atoms with van der Waals surface area (Å²) in [4.78, 5) is 12.8. The van der Waals surface area contributed by atoms with Crippen LogP contribution in [0.25, 0.3) is 0 Å². The summed E-state index contributed by atoms with van der Waals surface area (Å²) >= 11 is 0. The van der Waals surface area contributed by atoms with Crippen LogP contribution in [0.4, 0.5) is 11.4 Å². The monoisotopic (exact) mass is 208 g/mol. The lowest BCUT2D eigenvalue weighted by Crippen LogP contribution is -2.14. The van der Waals surface area contributed by atoms with Gasteiger partial charge < -0.3 is 15.7 Å². The van der Waals surface area contributed by atoms with E-state index in [1.807, 2.05) is 32.8 Å². The second-order valence-electron chi connectivity index (χ2n) is 3.81. The maximum Gasteiger partial charge on any atom is 0.337 e. The average Bonchev–Trinajstić information content (AvgIpc) is 2.13. The van der Waals surface area contributed by atoms with Crippen LogP contribution in [0.15, 0.2) is 6.07 Å². The SMILES string of the molecule is Cc1c(N(C)C)cc(C(=O)O)c(N)c1C. The standard InChI is InChI=1S/C11H16N2O2/c1-6-7(2)10(12)8(11(14)15)5-9(6)13(3)4/h5H,12H2,1-4H3,(H,14,15). The van der Waals surface area contributed by atoms with E-state index < -0.39 is 5.97 Å². The predicted molar refractivity (Wildman–Crippen MR) is 61.6 cm³/mol. The molecule has 0 aliphatic rings. The summed E-state index contributed by atoms with van der Waals surface area (Å²) in [5, 5.41) is 8.99. The number of carbonyl (C=O) groups is 1. The molecule has 0 heterocycles. The van der Waals surface area contributed by atoms with E-state index in [1.165, 1.54) is 0 Å². The molecule has 0 spiro atoms. The van der Waals surface area contributed by atoms with Gasteiger partial charge in [0.2, 0.25) is 0 Å². The Morgan fingerprint density at radius 3 is 2.27 bits per heavy atom. The maximum absolute atomic E-state index is 11.0. The zero-order chi connectivity index (χ0) is 11.7. The van der Waals surface area contributed by atoms with Crippen LogP contribution in [0.1, 0.15) is 21.5 Å². The van der Waals surface area contributed by atoms with Crippen LogP contribution in [0.2, 0.25) is 0 Å². The third-order valence-electron chi connectivity index (χ3n) is 2.63. The van der Waals surface area contributed by atoms with Crippen LogP contribution in [-0.4, -0.2) is 25.2 Å². The van der Waals surface area contributed by atoms with E-state index in [9.17, 15) is 4.79 Å². The van der Waals surface area contributed by atoms with Gasteiger partial charge in [-0.3, -0.25) is 0 Å². The second-order valence-corrected chi connectivity index (χ2v) is 3.81. The topological polar surface area (TPSA) is 66.6 Å². The Balaban J connectivity index is 3.52. The Kier molecular flexibility index (Phi) is 2.88. The van der Waals surface area contributed by atoms with Crippen LogP contribution < -0.4 is 10.6 Å². The van der Waals surface area contributed by atoms with E-state index in [4.69, 9.17) is 10.8 Å². The average molecular weight is 208 g/mol. The first kappa shape index (κ1) is 11.4. The number of nitrogens with two attached hydrogens (primary N) is 1. The normalized spacial score (nSPS) is 10.1. The third-order valence-corrected chi connectivity index (χ3v) is 2.63. The molecule has 1 aromatic carbocycles. The van der Waals surface area contributed by atoms with Crippen molar-refractivity contribution in [2.75, 3.05) is 24.7 Å². The van der Waals surface area contributed by atoms with E-state index in [0.29, 0.717) is 5.69 Å². The van der Waals surface area contributed by atoms with Crippen LogP contribution in [-0.2, 0) is 0 Å². The Labute approximate surface area is 89.3 Å². The molecule has 0 bridgehead atoms. The summed E-state index contributed by atoms with van der Waals surface area (Å²) < 4.78 is 0. The summed E-state index contributed by atoms with van der Waals surface area (Å²) in [6.07, 6.45) is 0. The lowest BCUT2D eigenvalue weighted by molar-refractivity contribution is 0.0698. The van der Waals surface area contributed by atoms with Crippen molar-refractivity contribution in [3.05, 3.63) is 22.8 Å². The molecule has 1 rings (SSSR count). The predicted octanol–water partition coefficient (Wildman–Crippen LogP) is 1.65. The molecule has 0 saturated carbocycles. The van der Waals surface area contributed by atoms with E-state index >= 15 is 0 Å². The van der Waals surface area contributed by atoms with Crippen molar-refractivity contribution < 1.29 is 9.90 Å². The molecule has 4 heteroatoms. The number of benzene rings is 1. The first-order valence-electron chi connectivity index (χ1n) is 4.66. The fourth-order valence-corrected chi connectivity index (χ4v) is 1.56. The Morgan fingerprint density at radius 2 is 1.87 bits per heavy atom. The fourth-order valence-electron chi connectivity index (χ4n) is 1.56. The fraction of sp³-hybridized carbons (Fsp3) is 0.364. The molecule has 15 heavy (non-hydrogen) atoms. The van der Waals surface area contributed by atoms with Gasteiger partial charge in [-0.05, 0) is 31.0 Å². The molecule has 4 nitrogen and oxygen atoms in total. The molecule has 0 amide bonds. The van der Waals surface area contributed by atoms with Crippen molar-refractivity contribution in [1.29, 1.82) is 0 Å². The number of rotatable bonds is 2. The molecule has 0 radical (unpaired) electrons. The minimum absolute atomic E-state index is 0.168. The molecule has 0 saturated heterocycles. The van der Waals surface area contributed by atoms with Crippen molar-refractivity contribution in [1.82, 2.24) is 0 Å². The van der Waals surface area contributed by atoms with Gasteiger partial charge in [0.15, 0.2) is 0 Å². The molecule has 0 aromatic heterocycles. The molecule has 82 valence electrons. The summed E-state index contributed by atoms with van der Waals surface area (Å²) in [6.45, 7) is 3.77. The molecule has 0 unspecified atom stereocenters. The van der Waals surface area contributed by atoms with Crippen molar-refractivity contribution >= 4 is 17.3 Å². The number of hydrogen-bond acceptors (Lipinski definition) is 3. The summed E-state index contributed by atoms with van der Waals surface area (Å²) in [5.41, 5.74) is 9.01. The number of hydrogen-bond donors (Lipinski definition) is 2. The van der Waals surface area contributed by atoms with Crippen LogP contribution in [0.3, 0.4) is 0 Å². The molecular formula is C11H16N2O2. The second kappa shape index (κ2) is 3.81. The lowest BCUT2D eigenvalue weighted by atomic mass is 10.0. The molecule has 0 fully saturated rings. The van der Waals surface area contributed by atoms with Crippen molar-refractivity contribution in [2.24, 2.45) is 0 Å². The van der Waals surface area contributed by atoms with E-state index in [0.717, 1.165) is 16.8 Å². The van der Waals surface area contributed by atoms with Gasteiger partial charge >= 0.3 is 5.97 Å². The largest absolute Gasteiger partial charge is 0.478 e. The molecular weight excluding hydrogens is 192 g/mol. The highest BCUT2D eigenvalue weighted by Crippen LogP contribution is 2.29. The van der Waals surface area contributed by atoms with Gasteiger partial charge in [-0.1, -0.05) is 0 Å². The van der Waals surface area contributed by atoms with Crippen LogP contribution in [0, 0.1) is 13.8 Å². The Bertz CT molecular complexity index is 412. The number of nitrogens with zero attached hydrogens (tertiary/aromatic N) is 1. The van der Waals surface area contributed by atoms with Gasteiger partial charge in [-0.2, -0.15) is 0 Å². The molecule has 3 N–H and O–H groups in total. The van der Waals surface area contributed by atoms with E-state index in [1.54, 1.807) is 6.07 Å². The third kappa shape index (κ3) is 1.88. The first-order valence-corrected chi connectivity index (χ1v) is 4.66. The highest BCUT2D eigenvalue weighted by atomic mass is 16.4. The Hall–Kier alpha value is -1.71. The summed E-state index contributed by atoms with van der Waals surface area (Å²) in [6, 6.07) is 1.61. The zero-order valence-corrected chi connectivity index (χ0v) is 9.46. The van der Waals surface area contributed by atoms with Gasteiger partial charge in [-0.15, -0.1) is 0 Å². The number of nitrogen functional groups attached to an aromatic ring is 1. The molecule has 1 aromatic rings. The smallest absolute Gasteiger partial charge is 0.337 e. The van der Waals surface area contributed by atoms with Crippen LogP contribution in [0.5, 0.6) is 0 Å². The minimum atomic E-state index is -0.987. The Morgan fingerprint density at radius 1 is 1.33 bits per heavy atom. The number of carboxylic acid groups (broad SMARTS) is 1. The molecule has 0 atom stereocenters. The van der Waals surface area contributed by atoms with Gasteiger partial charge in [-0.25, -0.2) is 4.79 Å². The van der Waals surface area contributed by atoms with Crippen LogP contribution >= 0.6 is 0 Å².